The van der Waals surface area contributed by atoms with Gasteiger partial charge in [0, 0.05) is 40.7 Å². The van der Waals surface area contributed by atoms with Crippen LogP contribution >= 0.6 is 0 Å². The lowest BCUT2D eigenvalue weighted by Gasteiger charge is -2.04. The molecule has 0 amide bonds. The molecular weight excluding hydrogens is 378 g/mol. The average Bonchev–Trinajstić information content (AvgIpc) is 3.51. The smallest absolute Gasteiger partial charge is 0.178 e. The average molecular weight is 393 g/mol. The Morgan fingerprint density at radius 2 is 1.97 bits per heavy atom. The molecule has 8 heteroatoms. The van der Waals surface area contributed by atoms with Crippen molar-refractivity contribution >= 4 is 22.1 Å². The number of fused-ring (bicyclic) bond motifs is 2. The van der Waals surface area contributed by atoms with Crippen molar-refractivity contribution in [3.63, 3.8) is 0 Å². The van der Waals surface area contributed by atoms with Crippen molar-refractivity contribution in [1.29, 1.82) is 0 Å². The van der Waals surface area contributed by atoms with E-state index < -0.39 is 0 Å². The zero-order chi connectivity index (χ0) is 20.1. The first-order chi connectivity index (χ1) is 14.8. The molecule has 0 aliphatic carbocycles. The first-order valence-electron chi connectivity index (χ1n) is 9.41. The summed E-state index contributed by atoms with van der Waals surface area (Å²) in [5.74, 6) is 0.639. The molecular formula is C22H15N7O. The van der Waals surface area contributed by atoms with Crippen LogP contribution in [-0.4, -0.2) is 35.1 Å². The van der Waals surface area contributed by atoms with Crippen LogP contribution in [0.25, 0.3) is 56.0 Å². The molecule has 6 aromatic heterocycles. The number of imidazole rings is 1. The van der Waals surface area contributed by atoms with Crippen molar-refractivity contribution in [1.82, 2.24) is 35.1 Å². The molecule has 0 saturated heterocycles. The summed E-state index contributed by atoms with van der Waals surface area (Å²) in [5.41, 5.74) is 7.87. The molecule has 6 rings (SSSR count). The van der Waals surface area contributed by atoms with E-state index in [4.69, 9.17) is 4.42 Å². The van der Waals surface area contributed by atoms with E-state index in [9.17, 15) is 0 Å². The molecule has 0 atom stereocenters. The number of aromatic amines is 2. The highest BCUT2D eigenvalue weighted by atomic mass is 16.3. The van der Waals surface area contributed by atoms with Gasteiger partial charge in [0.2, 0.25) is 0 Å². The predicted molar refractivity (Wildman–Crippen MR) is 112 cm³/mol. The second kappa shape index (κ2) is 6.35. The van der Waals surface area contributed by atoms with Gasteiger partial charge in [0.05, 0.1) is 35.5 Å². The number of rotatable bonds is 3. The van der Waals surface area contributed by atoms with Crippen LogP contribution in [-0.2, 0) is 0 Å². The SMILES string of the molecule is Cc1ccncc1-c1cc2c(-c3nc4nccc(-c5ccoc5)c4[nH]3)n[nH]c2cn1. The van der Waals surface area contributed by atoms with E-state index in [-0.39, 0.29) is 0 Å². The summed E-state index contributed by atoms with van der Waals surface area (Å²) in [5, 5.41) is 8.46. The summed E-state index contributed by atoms with van der Waals surface area (Å²) < 4.78 is 5.24. The van der Waals surface area contributed by atoms with E-state index in [0.29, 0.717) is 17.2 Å². The number of furan rings is 1. The summed E-state index contributed by atoms with van der Waals surface area (Å²) in [7, 11) is 0. The van der Waals surface area contributed by atoms with Gasteiger partial charge in [-0.2, -0.15) is 5.10 Å². The topological polar surface area (TPSA) is 109 Å². The molecule has 2 N–H and O–H groups in total. The van der Waals surface area contributed by atoms with Crippen LogP contribution in [0.3, 0.4) is 0 Å². The van der Waals surface area contributed by atoms with Gasteiger partial charge in [-0.05, 0) is 36.8 Å². The molecule has 0 aliphatic heterocycles. The molecule has 30 heavy (non-hydrogen) atoms. The van der Waals surface area contributed by atoms with Gasteiger partial charge in [-0.25, -0.2) is 9.97 Å². The first kappa shape index (κ1) is 16.6. The molecule has 0 saturated carbocycles. The van der Waals surface area contributed by atoms with Gasteiger partial charge in [-0.15, -0.1) is 0 Å². The molecule has 0 spiro atoms. The van der Waals surface area contributed by atoms with Crippen LogP contribution in [0, 0.1) is 6.92 Å². The highest BCUT2D eigenvalue weighted by Gasteiger charge is 2.17. The lowest BCUT2D eigenvalue weighted by atomic mass is 10.1. The zero-order valence-corrected chi connectivity index (χ0v) is 15.9. The largest absolute Gasteiger partial charge is 0.472 e. The monoisotopic (exact) mass is 393 g/mol. The van der Waals surface area contributed by atoms with Gasteiger partial charge in [0.1, 0.15) is 5.69 Å². The molecule has 0 bridgehead atoms. The second-order valence-electron chi connectivity index (χ2n) is 7.03. The minimum absolute atomic E-state index is 0.622. The highest BCUT2D eigenvalue weighted by molar-refractivity contribution is 5.96. The Hall–Kier alpha value is -4.33. The number of hydrogen-bond acceptors (Lipinski definition) is 6. The third-order valence-corrected chi connectivity index (χ3v) is 5.21. The number of nitrogens with zero attached hydrogens (tertiary/aromatic N) is 5. The van der Waals surface area contributed by atoms with Crippen LogP contribution in [0.5, 0.6) is 0 Å². The van der Waals surface area contributed by atoms with E-state index in [1.165, 1.54) is 0 Å². The molecule has 6 heterocycles. The maximum atomic E-state index is 5.24. The van der Waals surface area contributed by atoms with Crippen molar-refractivity contribution in [2.45, 2.75) is 6.92 Å². The van der Waals surface area contributed by atoms with Crippen molar-refractivity contribution in [3.05, 3.63) is 67.1 Å². The van der Waals surface area contributed by atoms with E-state index in [1.807, 2.05) is 37.4 Å². The fourth-order valence-corrected chi connectivity index (χ4v) is 3.66. The predicted octanol–water partition coefficient (Wildman–Crippen LogP) is 4.53. The molecule has 0 aliphatic rings. The van der Waals surface area contributed by atoms with E-state index in [1.54, 1.807) is 31.1 Å². The number of H-pyrrole nitrogens is 2. The third-order valence-electron chi connectivity index (χ3n) is 5.21. The quantitative estimate of drug-likeness (QED) is 0.457. The summed E-state index contributed by atoms with van der Waals surface area (Å²) in [6, 6.07) is 7.83. The van der Waals surface area contributed by atoms with Crippen LogP contribution in [0.1, 0.15) is 5.56 Å². The van der Waals surface area contributed by atoms with E-state index >= 15 is 0 Å². The van der Waals surface area contributed by atoms with Gasteiger partial charge in [-0.3, -0.25) is 15.1 Å². The van der Waals surface area contributed by atoms with E-state index in [2.05, 4.69) is 35.1 Å². The molecule has 8 nitrogen and oxygen atoms in total. The molecule has 0 radical (unpaired) electrons. The summed E-state index contributed by atoms with van der Waals surface area (Å²) in [6.07, 6.45) is 10.5. The zero-order valence-electron chi connectivity index (χ0n) is 15.9. The van der Waals surface area contributed by atoms with Gasteiger partial charge >= 0.3 is 0 Å². The molecule has 0 aromatic carbocycles. The summed E-state index contributed by atoms with van der Waals surface area (Å²) >= 11 is 0. The number of aromatic nitrogens is 7. The van der Waals surface area contributed by atoms with Crippen LogP contribution in [0.15, 0.2) is 66.0 Å². The fraction of sp³-hybridized carbons (Fsp3) is 0.0455. The minimum atomic E-state index is 0.622. The van der Waals surface area contributed by atoms with Crippen LogP contribution in [0.4, 0.5) is 0 Å². The summed E-state index contributed by atoms with van der Waals surface area (Å²) in [4.78, 5) is 21.3. The lowest BCUT2D eigenvalue weighted by molar-refractivity contribution is 0.568. The second-order valence-corrected chi connectivity index (χ2v) is 7.03. The van der Waals surface area contributed by atoms with Crippen molar-refractivity contribution in [2.24, 2.45) is 0 Å². The first-order valence-corrected chi connectivity index (χ1v) is 9.41. The minimum Gasteiger partial charge on any atom is -0.472 e. The van der Waals surface area contributed by atoms with Gasteiger partial charge < -0.3 is 9.40 Å². The van der Waals surface area contributed by atoms with Crippen molar-refractivity contribution in [2.75, 3.05) is 0 Å². The number of hydrogen-bond donors (Lipinski definition) is 2. The Morgan fingerprint density at radius 3 is 2.83 bits per heavy atom. The van der Waals surface area contributed by atoms with Crippen molar-refractivity contribution < 1.29 is 4.42 Å². The fourth-order valence-electron chi connectivity index (χ4n) is 3.66. The van der Waals surface area contributed by atoms with Crippen LogP contribution in [0.2, 0.25) is 0 Å². The summed E-state index contributed by atoms with van der Waals surface area (Å²) in [6.45, 7) is 2.04. The molecule has 144 valence electrons. The van der Waals surface area contributed by atoms with E-state index in [0.717, 1.165) is 44.4 Å². The van der Waals surface area contributed by atoms with Gasteiger partial charge in [0.15, 0.2) is 11.5 Å². The van der Waals surface area contributed by atoms with Crippen molar-refractivity contribution in [3.8, 4) is 33.9 Å². The van der Waals surface area contributed by atoms with Gasteiger partial charge in [-0.1, -0.05) is 0 Å². The maximum absolute atomic E-state index is 5.24. The van der Waals surface area contributed by atoms with Crippen LogP contribution < -0.4 is 0 Å². The third kappa shape index (κ3) is 2.51. The van der Waals surface area contributed by atoms with Gasteiger partial charge in [0.25, 0.3) is 0 Å². The number of aryl methyl sites for hydroxylation is 1. The molecule has 0 unspecified atom stereocenters. The normalized spacial score (nSPS) is 11.5. The lowest BCUT2D eigenvalue weighted by Crippen LogP contribution is -1.88. The number of nitrogens with one attached hydrogen (secondary N) is 2. The molecule has 0 fully saturated rings. The Balaban J connectivity index is 1.53. The number of pyridine rings is 3. The Kier molecular flexibility index (Phi) is 3.51. The highest BCUT2D eigenvalue weighted by Crippen LogP contribution is 2.32. The molecule has 6 aromatic rings. The Labute approximate surface area is 170 Å². The standard InChI is InChI=1S/C22H15N7O/c1-12-2-5-23-9-16(12)17-8-15-18(10-25-17)28-29-20(15)22-26-19-14(13-4-7-30-11-13)3-6-24-21(19)27-22/h2-11H,1H3,(H,28,29)(H,24,26,27). The Bertz CT molecular complexity index is 1510. The maximum Gasteiger partial charge on any atom is 0.178 e. The Morgan fingerprint density at radius 1 is 1.00 bits per heavy atom.